The van der Waals surface area contributed by atoms with Gasteiger partial charge in [0.1, 0.15) is 10.7 Å². The van der Waals surface area contributed by atoms with Gasteiger partial charge in [0.15, 0.2) is 11.5 Å². The molecule has 0 unspecified atom stereocenters. The minimum atomic E-state index is -4.24. The molecule has 0 fully saturated rings. The molecule has 0 spiro atoms. The molecule has 3 rings (SSSR count). The predicted molar refractivity (Wildman–Crippen MR) is 133 cm³/mol. The van der Waals surface area contributed by atoms with E-state index in [0.717, 1.165) is 24.3 Å². The van der Waals surface area contributed by atoms with Gasteiger partial charge in [0.2, 0.25) is 0 Å². The molecule has 35 heavy (non-hydrogen) atoms. The van der Waals surface area contributed by atoms with Gasteiger partial charge < -0.3 is 19.1 Å². The second kappa shape index (κ2) is 11.4. The lowest BCUT2D eigenvalue weighted by molar-refractivity contribution is 0.187. The number of hydrogen-bond acceptors (Lipinski definition) is 5. The SMILES string of the molecule is CC[C@@H](C)N(Cc1ccc(OC)c(OS(=O)(=O)c2ccc(F)cc2)c1)C(=O)Nc1cccc(Cl)c1. The van der Waals surface area contributed by atoms with E-state index < -0.39 is 15.9 Å². The van der Waals surface area contributed by atoms with Crippen LogP contribution in [0.4, 0.5) is 14.9 Å². The summed E-state index contributed by atoms with van der Waals surface area (Å²) in [5, 5.41) is 3.34. The van der Waals surface area contributed by atoms with Crippen LogP contribution >= 0.6 is 11.6 Å². The number of halogens is 2. The maximum Gasteiger partial charge on any atom is 0.339 e. The highest BCUT2D eigenvalue weighted by Gasteiger charge is 2.23. The molecule has 0 heterocycles. The molecule has 0 saturated carbocycles. The highest BCUT2D eigenvalue weighted by Crippen LogP contribution is 2.32. The second-order valence-corrected chi connectivity index (χ2v) is 9.79. The Kier molecular flexibility index (Phi) is 8.58. The predicted octanol–water partition coefficient (Wildman–Crippen LogP) is 6.09. The molecule has 0 saturated heterocycles. The van der Waals surface area contributed by atoms with Gasteiger partial charge in [-0.3, -0.25) is 0 Å². The molecule has 0 aliphatic carbocycles. The van der Waals surface area contributed by atoms with Crippen molar-refractivity contribution in [2.24, 2.45) is 0 Å². The highest BCUT2D eigenvalue weighted by molar-refractivity contribution is 7.87. The number of hydrogen-bond donors (Lipinski definition) is 1. The summed E-state index contributed by atoms with van der Waals surface area (Å²) >= 11 is 6.02. The highest BCUT2D eigenvalue weighted by atomic mass is 35.5. The van der Waals surface area contributed by atoms with E-state index in [1.807, 2.05) is 13.8 Å². The van der Waals surface area contributed by atoms with Gasteiger partial charge in [-0.15, -0.1) is 0 Å². The molecule has 2 amide bonds. The summed E-state index contributed by atoms with van der Waals surface area (Å²) in [6.45, 7) is 4.05. The molecular weight excluding hydrogens is 495 g/mol. The fourth-order valence-corrected chi connectivity index (χ4v) is 4.38. The summed E-state index contributed by atoms with van der Waals surface area (Å²) in [4.78, 5) is 14.5. The summed E-state index contributed by atoms with van der Waals surface area (Å²) in [5.74, 6) is -0.420. The maximum atomic E-state index is 13.2. The van der Waals surface area contributed by atoms with Crippen LogP contribution in [-0.4, -0.2) is 32.5 Å². The minimum absolute atomic E-state index is 0.0475. The largest absolute Gasteiger partial charge is 0.493 e. The maximum absolute atomic E-state index is 13.2. The van der Waals surface area contributed by atoms with Crippen LogP contribution in [0.15, 0.2) is 71.6 Å². The third kappa shape index (κ3) is 6.86. The molecule has 186 valence electrons. The number of methoxy groups -OCH3 is 1. The van der Waals surface area contributed by atoms with Crippen molar-refractivity contribution in [3.63, 3.8) is 0 Å². The molecule has 3 aromatic rings. The fourth-order valence-electron chi connectivity index (χ4n) is 3.26. The lowest BCUT2D eigenvalue weighted by atomic mass is 10.1. The lowest BCUT2D eigenvalue weighted by Gasteiger charge is -2.29. The van der Waals surface area contributed by atoms with Gasteiger partial charge in [-0.1, -0.05) is 30.7 Å². The van der Waals surface area contributed by atoms with E-state index in [-0.39, 0.29) is 35.0 Å². The first-order valence-electron chi connectivity index (χ1n) is 10.8. The Morgan fingerprint density at radius 3 is 2.43 bits per heavy atom. The Balaban J connectivity index is 1.86. The number of carbonyl (C=O) groups excluding carboxylic acids is 1. The van der Waals surface area contributed by atoms with E-state index in [0.29, 0.717) is 22.7 Å². The molecule has 1 atom stereocenters. The molecule has 0 bridgehead atoms. The van der Waals surface area contributed by atoms with Crippen LogP contribution < -0.4 is 14.2 Å². The molecular formula is C25H26ClFN2O5S. The number of anilines is 1. The molecule has 0 radical (unpaired) electrons. The van der Waals surface area contributed by atoms with E-state index in [1.165, 1.54) is 13.2 Å². The standard InChI is InChI=1S/C25H26ClFN2O5S/c1-4-17(2)29(25(30)28-21-7-5-6-19(26)15-21)16-18-8-13-23(33-3)24(14-18)34-35(31,32)22-11-9-20(27)10-12-22/h5-15,17H,4,16H2,1-3H3,(H,28,30)/t17-/m1/s1. The summed E-state index contributed by atoms with van der Waals surface area (Å²) in [6, 6.07) is 15.5. The van der Waals surface area contributed by atoms with Crippen molar-refractivity contribution in [1.82, 2.24) is 4.90 Å². The van der Waals surface area contributed by atoms with Gasteiger partial charge >= 0.3 is 16.1 Å². The number of amides is 2. The zero-order valence-electron chi connectivity index (χ0n) is 19.5. The number of nitrogens with zero attached hydrogens (tertiary/aromatic N) is 1. The van der Waals surface area contributed by atoms with Crippen molar-refractivity contribution < 1.29 is 26.5 Å². The molecule has 3 aromatic carbocycles. The van der Waals surface area contributed by atoms with E-state index in [2.05, 4.69) is 5.32 Å². The van der Waals surface area contributed by atoms with Crippen molar-refractivity contribution in [1.29, 1.82) is 0 Å². The van der Waals surface area contributed by atoms with E-state index in [4.69, 9.17) is 20.5 Å². The first-order chi connectivity index (χ1) is 16.6. The lowest BCUT2D eigenvalue weighted by Crippen LogP contribution is -2.40. The van der Waals surface area contributed by atoms with Crippen LogP contribution in [0.5, 0.6) is 11.5 Å². The molecule has 0 aromatic heterocycles. The summed E-state index contributed by atoms with van der Waals surface area (Å²) in [7, 11) is -2.86. The third-order valence-electron chi connectivity index (χ3n) is 5.34. The van der Waals surface area contributed by atoms with Crippen LogP contribution in [0.1, 0.15) is 25.8 Å². The Morgan fingerprint density at radius 1 is 1.09 bits per heavy atom. The number of carbonyl (C=O) groups is 1. The second-order valence-electron chi connectivity index (χ2n) is 7.80. The van der Waals surface area contributed by atoms with Crippen molar-refractivity contribution in [3.05, 3.63) is 83.1 Å². The van der Waals surface area contributed by atoms with Crippen molar-refractivity contribution in [2.45, 2.75) is 37.8 Å². The Bertz CT molecular complexity index is 1290. The zero-order valence-corrected chi connectivity index (χ0v) is 21.1. The average molecular weight is 521 g/mol. The Morgan fingerprint density at radius 2 is 1.80 bits per heavy atom. The quantitative estimate of drug-likeness (QED) is 0.345. The topological polar surface area (TPSA) is 84.9 Å². The average Bonchev–Trinajstić information content (AvgIpc) is 2.82. The normalized spacial score (nSPS) is 12.0. The van der Waals surface area contributed by atoms with Crippen molar-refractivity contribution >= 4 is 33.4 Å². The monoisotopic (exact) mass is 520 g/mol. The third-order valence-corrected chi connectivity index (χ3v) is 6.83. The van der Waals surface area contributed by atoms with Crippen LogP contribution in [0, 0.1) is 5.82 Å². The zero-order chi connectivity index (χ0) is 25.6. The van der Waals surface area contributed by atoms with Crippen LogP contribution in [0.3, 0.4) is 0 Å². The van der Waals surface area contributed by atoms with Crippen molar-refractivity contribution in [3.8, 4) is 11.5 Å². The smallest absolute Gasteiger partial charge is 0.339 e. The number of rotatable bonds is 9. The number of urea groups is 1. The minimum Gasteiger partial charge on any atom is -0.493 e. The van der Waals surface area contributed by atoms with E-state index in [1.54, 1.807) is 41.3 Å². The van der Waals surface area contributed by atoms with Crippen LogP contribution in [0.25, 0.3) is 0 Å². The van der Waals surface area contributed by atoms with E-state index >= 15 is 0 Å². The molecule has 10 heteroatoms. The first kappa shape index (κ1) is 26.3. The molecule has 1 N–H and O–H groups in total. The van der Waals surface area contributed by atoms with Gasteiger partial charge in [-0.25, -0.2) is 9.18 Å². The van der Waals surface area contributed by atoms with E-state index in [9.17, 15) is 17.6 Å². The molecule has 0 aliphatic heterocycles. The van der Waals surface area contributed by atoms with Gasteiger partial charge in [0.05, 0.1) is 7.11 Å². The van der Waals surface area contributed by atoms with Gasteiger partial charge in [-0.05, 0) is 73.5 Å². The van der Waals surface area contributed by atoms with Crippen LogP contribution in [-0.2, 0) is 16.7 Å². The number of nitrogens with one attached hydrogen (secondary N) is 1. The van der Waals surface area contributed by atoms with Gasteiger partial charge in [-0.2, -0.15) is 8.42 Å². The first-order valence-corrected chi connectivity index (χ1v) is 12.6. The summed E-state index contributed by atoms with van der Waals surface area (Å²) < 4.78 is 49.2. The Labute approximate surface area is 209 Å². The van der Waals surface area contributed by atoms with Gasteiger partial charge in [0.25, 0.3) is 0 Å². The molecule has 0 aliphatic rings. The van der Waals surface area contributed by atoms with Gasteiger partial charge in [0, 0.05) is 23.3 Å². The number of ether oxygens (including phenoxy) is 1. The fraction of sp³-hybridized carbons (Fsp3) is 0.240. The van der Waals surface area contributed by atoms with Crippen molar-refractivity contribution in [2.75, 3.05) is 12.4 Å². The molecule has 7 nitrogen and oxygen atoms in total. The summed E-state index contributed by atoms with van der Waals surface area (Å²) in [6.07, 6.45) is 0.696. The Hall–Kier alpha value is -3.30. The summed E-state index contributed by atoms with van der Waals surface area (Å²) in [5.41, 5.74) is 1.18. The number of benzene rings is 3. The van der Waals surface area contributed by atoms with Crippen LogP contribution in [0.2, 0.25) is 5.02 Å².